The first-order chi connectivity index (χ1) is 14.0. The van der Waals surface area contributed by atoms with Crippen molar-refractivity contribution in [2.24, 2.45) is 4.99 Å². The molecule has 30 heavy (non-hydrogen) atoms. The van der Waals surface area contributed by atoms with Gasteiger partial charge in [0, 0.05) is 23.6 Å². The summed E-state index contributed by atoms with van der Waals surface area (Å²) in [6.45, 7) is 1.99. The third-order valence-electron chi connectivity index (χ3n) is 5.86. The predicted octanol–water partition coefficient (Wildman–Crippen LogP) is 3.55. The molecule has 0 aromatic heterocycles. The van der Waals surface area contributed by atoms with E-state index in [0.29, 0.717) is 17.2 Å². The lowest BCUT2D eigenvalue weighted by Gasteiger charge is -2.39. The molecule has 0 amide bonds. The molecule has 1 saturated heterocycles. The lowest BCUT2D eigenvalue weighted by molar-refractivity contribution is 0.0600. The highest BCUT2D eigenvalue weighted by molar-refractivity contribution is 6.15. The molecule has 6 nitrogen and oxygen atoms in total. The first-order valence-electron chi connectivity index (χ1n) is 9.77. The fraction of sp³-hybridized carbons (Fsp3) is 0.391. The van der Waals surface area contributed by atoms with Gasteiger partial charge in [0.2, 0.25) is 0 Å². The highest BCUT2D eigenvalue weighted by Crippen LogP contribution is 2.42. The van der Waals surface area contributed by atoms with Gasteiger partial charge in [0.1, 0.15) is 0 Å². The Balaban J connectivity index is 0.00000256. The van der Waals surface area contributed by atoms with Crippen LogP contribution in [0.2, 0.25) is 0 Å². The van der Waals surface area contributed by atoms with Gasteiger partial charge in [0.15, 0.2) is 11.5 Å². The summed E-state index contributed by atoms with van der Waals surface area (Å²) in [5, 5.41) is 0. The van der Waals surface area contributed by atoms with Gasteiger partial charge in [-0.2, -0.15) is 0 Å². The van der Waals surface area contributed by atoms with Gasteiger partial charge in [-0.25, -0.2) is 4.79 Å². The van der Waals surface area contributed by atoms with Crippen molar-refractivity contribution < 1.29 is 19.0 Å². The minimum Gasteiger partial charge on any atom is -0.493 e. The quantitative estimate of drug-likeness (QED) is 0.694. The second-order valence-electron chi connectivity index (χ2n) is 7.57. The Bertz CT molecular complexity index is 958. The van der Waals surface area contributed by atoms with Gasteiger partial charge in [0.25, 0.3) is 0 Å². The topological polar surface area (TPSA) is 60.4 Å². The largest absolute Gasteiger partial charge is 0.493 e. The molecule has 0 aliphatic carbocycles. The molecular formula is C23H27ClN2O4. The number of esters is 1. The van der Waals surface area contributed by atoms with Crippen molar-refractivity contribution >= 4 is 24.1 Å². The molecule has 0 radical (unpaired) electrons. The maximum absolute atomic E-state index is 11.8. The second kappa shape index (κ2) is 9.06. The molecule has 1 fully saturated rings. The fourth-order valence-electron chi connectivity index (χ4n) is 4.32. The van der Waals surface area contributed by atoms with E-state index in [0.717, 1.165) is 42.1 Å². The van der Waals surface area contributed by atoms with Crippen LogP contribution in [0.15, 0.2) is 41.4 Å². The molecule has 0 saturated carbocycles. The van der Waals surface area contributed by atoms with Crippen molar-refractivity contribution in [3.05, 3.63) is 58.7 Å². The Hall–Kier alpha value is -2.57. The van der Waals surface area contributed by atoms with Crippen LogP contribution >= 0.6 is 12.4 Å². The summed E-state index contributed by atoms with van der Waals surface area (Å²) in [6.07, 6.45) is 1.01. The Kier molecular flexibility index (Phi) is 6.68. The molecular weight excluding hydrogens is 404 g/mol. The molecule has 2 aromatic carbocycles. The van der Waals surface area contributed by atoms with E-state index in [1.54, 1.807) is 26.4 Å². The monoisotopic (exact) mass is 430 g/mol. The molecule has 0 spiro atoms. The third-order valence-corrected chi connectivity index (χ3v) is 5.86. The van der Waals surface area contributed by atoms with Crippen LogP contribution in [-0.4, -0.2) is 64.1 Å². The first kappa shape index (κ1) is 22.1. The SMILES string of the molecule is COC(=O)c1ccc(C2=N[C@H]3CCN(C)C[C@H]3c3cc(OC)c(OC)cc32)cc1.Cl. The summed E-state index contributed by atoms with van der Waals surface area (Å²) in [5.74, 6) is 1.40. The average molecular weight is 431 g/mol. The zero-order valence-corrected chi connectivity index (χ0v) is 18.5. The van der Waals surface area contributed by atoms with E-state index in [-0.39, 0.29) is 24.4 Å². The van der Waals surface area contributed by atoms with Crippen LogP contribution < -0.4 is 9.47 Å². The third kappa shape index (κ3) is 3.89. The number of halogens is 1. The number of carbonyl (C=O) groups is 1. The molecule has 7 heteroatoms. The van der Waals surface area contributed by atoms with Crippen molar-refractivity contribution in [2.75, 3.05) is 41.5 Å². The molecule has 0 bridgehead atoms. The Morgan fingerprint density at radius 1 is 1.07 bits per heavy atom. The van der Waals surface area contributed by atoms with E-state index in [4.69, 9.17) is 19.2 Å². The van der Waals surface area contributed by atoms with Crippen molar-refractivity contribution in [1.29, 1.82) is 0 Å². The number of likely N-dealkylation sites (N-methyl/N-ethyl adjacent to an activating group) is 1. The van der Waals surface area contributed by atoms with Crippen LogP contribution in [0.4, 0.5) is 0 Å². The number of methoxy groups -OCH3 is 3. The van der Waals surface area contributed by atoms with Crippen molar-refractivity contribution in [3.63, 3.8) is 0 Å². The van der Waals surface area contributed by atoms with Gasteiger partial charge in [-0.1, -0.05) is 12.1 Å². The number of hydrogen-bond donors (Lipinski definition) is 0. The number of ether oxygens (including phenoxy) is 3. The number of nitrogens with zero attached hydrogens (tertiary/aromatic N) is 2. The van der Waals surface area contributed by atoms with Gasteiger partial charge in [-0.3, -0.25) is 4.99 Å². The van der Waals surface area contributed by atoms with Gasteiger partial charge >= 0.3 is 5.97 Å². The van der Waals surface area contributed by atoms with E-state index in [2.05, 4.69) is 18.0 Å². The standard InChI is InChI=1S/C23H26N2O4.ClH/c1-25-10-9-19-18(13-25)16-11-20(27-2)21(28-3)12-17(16)22(24-19)14-5-7-15(8-6-14)23(26)29-4;/h5-8,11-12,18-19H,9-10,13H2,1-4H3;1H/t18-,19-;/m0./s1. The van der Waals surface area contributed by atoms with Crippen molar-refractivity contribution in [2.45, 2.75) is 18.4 Å². The molecule has 2 aliphatic rings. The van der Waals surface area contributed by atoms with Gasteiger partial charge in [-0.05, 0) is 49.8 Å². The molecule has 2 aromatic rings. The number of benzene rings is 2. The van der Waals surface area contributed by atoms with Gasteiger partial charge < -0.3 is 19.1 Å². The number of carbonyl (C=O) groups excluding carboxylic acids is 1. The minimum absolute atomic E-state index is 0. The van der Waals surface area contributed by atoms with E-state index in [9.17, 15) is 4.79 Å². The fourth-order valence-corrected chi connectivity index (χ4v) is 4.32. The van der Waals surface area contributed by atoms with E-state index < -0.39 is 0 Å². The summed E-state index contributed by atoms with van der Waals surface area (Å²) in [5.41, 5.74) is 4.73. The second-order valence-corrected chi connectivity index (χ2v) is 7.57. The highest BCUT2D eigenvalue weighted by atomic mass is 35.5. The number of rotatable bonds is 4. The molecule has 4 rings (SSSR count). The predicted molar refractivity (Wildman–Crippen MR) is 119 cm³/mol. The summed E-state index contributed by atoms with van der Waals surface area (Å²) in [4.78, 5) is 19.3. The lowest BCUT2D eigenvalue weighted by atomic mass is 9.79. The molecule has 0 unspecified atom stereocenters. The maximum atomic E-state index is 11.8. The number of aliphatic imine (C=N–C) groups is 1. The smallest absolute Gasteiger partial charge is 0.337 e. The number of likely N-dealkylation sites (tertiary alicyclic amines) is 1. The lowest BCUT2D eigenvalue weighted by Crippen LogP contribution is -2.41. The molecule has 0 N–H and O–H groups in total. The zero-order valence-electron chi connectivity index (χ0n) is 17.7. The zero-order chi connectivity index (χ0) is 20.5. The van der Waals surface area contributed by atoms with Gasteiger partial charge in [-0.15, -0.1) is 12.4 Å². The Labute approximate surface area is 183 Å². The van der Waals surface area contributed by atoms with Crippen molar-refractivity contribution in [1.82, 2.24) is 4.90 Å². The number of piperidine rings is 1. The van der Waals surface area contributed by atoms with Crippen LogP contribution in [0.1, 0.15) is 39.4 Å². The summed E-state index contributed by atoms with van der Waals surface area (Å²) in [7, 11) is 6.85. The van der Waals surface area contributed by atoms with Gasteiger partial charge in [0.05, 0.1) is 38.6 Å². The normalized spacial score (nSPS) is 20.2. The Morgan fingerprint density at radius 3 is 2.37 bits per heavy atom. The number of hydrogen-bond acceptors (Lipinski definition) is 6. The summed E-state index contributed by atoms with van der Waals surface area (Å²) >= 11 is 0. The molecule has 160 valence electrons. The van der Waals surface area contributed by atoms with E-state index >= 15 is 0 Å². The van der Waals surface area contributed by atoms with Crippen LogP contribution in [0.5, 0.6) is 11.5 Å². The van der Waals surface area contributed by atoms with Crippen LogP contribution in [0.25, 0.3) is 0 Å². The van der Waals surface area contributed by atoms with Crippen molar-refractivity contribution in [3.8, 4) is 11.5 Å². The highest BCUT2D eigenvalue weighted by Gasteiger charge is 2.36. The molecule has 2 heterocycles. The number of fused-ring (bicyclic) bond motifs is 3. The maximum Gasteiger partial charge on any atom is 0.337 e. The first-order valence-corrected chi connectivity index (χ1v) is 9.77. The van der Waals surface area contributed by atoms with Crippen LogP contribution in [0, 0.1) is 0 Å². The summed E-state index contributed by atoms with van der Waals surface area (Å²) in [6, 6.07) is 11.8. The minimum atomic E-state index is -0.343. The summed E-state index contributed by atoms with van der Waals surface area (Å²) < 4.78 is 15.9. The van der Waals surface area contributed by atoms with Crippen LogP contribution in [0.3, 0.4) is 0 Å². The van der Waals surface area contributed by atoms with Crippen LogP contribution in [-0.2, 0) is 4.74 Å². The average Bonchev–Trinajstić information content (AvgIpc) is 2.77. The Morgan fingerprint density at radius 2 is 1.73 bits per heavy atom. The van der Waals surface area contributed by atoms with E-state index in [1.165, 1.54) is 12.7 Å². The van der Waals surface area contributed by atoms with E-state index in [1.807, 2.05) is 18.2 Å². The molecule has 2 aliphatic heterocycles. The molecule has 2 atom stereocenters.